The molecule has 0 saturated heterocycles. The van der Waals surface area contributed by atoms with Crippen molar-refractivity contribution in [2.75, 3.05) is 13.2 Å². The SMILES string of the molecule is CC(C)(C)[Si](OC[C@H]1C[C@@H]2C[C@H]3CC=CC[C@H]3[C@H](O)[C@@H]2[C@H](OC(=O)c2ccccc2)[C@@H]1CO[Si](c1ccccc1)(c1ccccc1)C(C)(C)C)(c1ccccc1)c1ccccc1. The van der Waals surface area contributed by atoms with Gasteiger partial charge in [0.05, 0.1) is 11.7 Å². The van der Waals surface area contributed by atoms with Gasteiger partial charge in [0.2, 0.25) is 0 Å². The van der Waals surface area contributed by atoms with Crippen LogP contribution >= 0.6 is 0 Å². The molecule has 1 N–H and O–H groups in total. The van der Waals surface area contributed by atoms with Gasteiger partial charge in [-0.2, -0.15) is 0 Å². The van der Waals surface area contributed by atoms with Crippen LogP contribution in [0.25, 0.3) is 0 Å². The van der Waals surface area contributed by atoms with Crippen LogP contribution in [0.5, 0.6) is 0 Å². The number of aliphatic hydroxyl groups is 1. The molecular weight excluding hydrogens is 797 g/mol. The van der Waals surface area contributed by atoms with Crippen LogP contribution in [0.2, 0.25) is 10.1 Å². The third-order valence-corrected chi connectivity index (χ3v) is 24.7. The summed E-state index contributed by atoms with van der Waals surface area (Å²) in [5, 5.41) is 17.1. The molecule has 62 heavy (non-hydrogen) atoms. The molecule has 0 spiro atoms. The highest BCUT2D eigenvalue weighted by Gasteiger charge is 2.58. The first kappa shape index (κ1) is 44.2. The molecule has 8 rings (SSSR count). The molecule has 324 valence electrons. The highest BCUT2D eigenvalue weighted by molar-refractivity contribution is 7.00. The number of ether oxygens (including phenoxy) is 1. The number of esters is 1. The topological polar surface area (TPSA) is 65.0 Å². The number of carbonyl (C=O) groups is 1. The van der Waals surface area contributed by atoms with E-state index in [9.17, 15) is 9.90 Å². The van der Waals surface area contributed by atoms with Crippen molar-refractivity contribution in [3.05, 3.63) is 169 Å². The molecule has 2 fully saturated rings. The van der Waals surface area contributed by atoms with Crippen LogP contribution in [0.15, 0.2) is 164 Å². The van der Waals surface area contributed by atoms with Gasteiger partial charge in [-0.05, 0) is 92.3 Å². The lowest BCUT2D eigenvalue weighted by Gasteiger charge is -2.55. The maximum absolute atomic E-state index is 14.5. The highest BCUT2D eigenvalue weighted by atomic mass is 28.4. The van der Waals surface area contributed by atoms with Crippen LogP contribution in [0.4, 0.5) is 0 Å². The third kappa shape index (κ3) is 8.39. The van der Waals surface area contributed by atoms with E-state index >= 15 is 0 Å². The molecule has 0 unspecified atom stereocenters. The van der Waals surface area contributed by atoms with Crippen LogP contribution in [0.1, 0.15) is 77.6 Å². The first-order valence-electron chi connectivity index (χ1n) is 22.9. The minimum atomic E-state index is -3.02. The summed E-state index contributed by atoms with van der Waals surface area (Å²) in [5.74, 6) is -0.180. The summed E-state index contributed by atoms with van der Waals surface area (Å²) in [6.07, 6.45) is 7.02. The number of fused-ring (bicyclic) bond motifs is 2. The minimum absolute atomic E-state index is 0.0208. The maximum Gasteiger partial charge on any atom is 0.338 e. The summed E-state index contributed by atoms with van der Waals surface area (Å²) in [7, 11) is -5.97. The van der Waals surface area contributed by atoms with E-state index in [2.05, 4.69) is 175 Å². The van der Waals surface area contributed by atoms with Gasteiger partial charge in [0.25, 0.3) is 16.6 Å². The molecule has 2 saturated carbocycles. The van der Waals surface area contributed by atoms with Crippen LogP contribution < -0.4 is 20.7 Å². The van der Waals surface area contributed by atoms with E-state index in [1.54, 1.807) is 0 Å². The van der Waals surface area contributed by atoms with Crippen LogP contribution in [0, 0.1) is 35.5 Å². The molecule has 5 aromatic rings. The fourth-order valence-electron chi connectivity index (χ4n) is 11.9. The van der Waals surface area contributed by atoms with Crippen molar-refractivity contribution in [3.8, 4) is 0 Å². The second-order valence-electron chi connectivity index (χ2n) is 20.3. The summed E-state index contributed by atoms with van der Waals surface area (Å²) in [5.41, 5.74) is 0.519. The average Bonchev–Trinajstić information content (AvgIpc) is 3.28. The summed E-state index contributed by atoms with van der Waals surface area (Å²) < 4.78 is 22.6. The lowest BCUT2D eigenvalue weighted by atomic mass is 9.55. The molecule has 5 nitrogen and oxygen atoms in total. The molecule has 0 radical (unpaired) electrons. The smallest absolute Gasteiger partial charge is 0.338 e. The monoisotopic (exact) mass is 862 g/mol. The van der Waals surface area contributed by atoms with Crippen molar-refractivity contribution in [2.45, 2.75) is 89.5 Å². The number of benzene rings is 5. The standard InChI is InChI=1S/C55H66O5Si2/c1-54(2,3)61(44-27-14-8-15-28-44,45-29-16-9-17-30-45)58-38-43-37-42-36-41-26-22-23-35-48(41)51(56)50(42)52(60-53(57)40-24-12-7-13-25-40)49(43)39-59-62(55(4,5)6,46-31-18-10-19-32-46)47-33-20-11-21-34-47/h7-25,27-34,41-43,48-52,56H,26,35-39H2,1-6H3/t41-,42+,43-,48-,49-,50-,51+,52-/m1/s1. The summed E-state index contributed by atoms with van der Waals surface area (Å²) in [4.78, 5) is 14.5. The van der Waals surface area contributed by atoms with Crippen molar-refractivity contribution < 1.29 is 23.5 Å². The van der Waals surface area contributed by atoms with E-state index in [4.69, 9.17) is 13.6 Å². The van der Waals surface area contributed by atoms with Crippen molar-refractivity contribution in [2.24, 2.45) is 35.5 Å². The lowest BCUT2D eigenvalue weighted by molar-refractivity contribution is -0.159. The zero-order chi connectivity index (χ0) is 43.5. The van der Waals surface area contributed by atoms with E-state index in [0.29, 0.717) is 24.7 Å². The Balaban J connectivity index is 1.27. The molecule has 0 heterocycles. The van der Waals surface area contributed by atoms with Gasteiger partial charge in [0, 0.05) is 25.0 Å². The Kier molecular flexibility index (Phi) is 13.1. The molecule has 7 heteroatoms. The summed E-state index contributed by atoms with van der Waals surface area (Å²) >= 11 is 0. The number of rotatable bonds is 12. The van der Waals surface area contributed by atoms with Gasteiger partial charge < -0.3 is 18.7 Å². The van der Waals surface area contributed by atoms with Gasteiger partial charge in [-0.1, -0.05) is 193 Å². The Bertz CT molecular complexity index is 2160. The van der Waals surface area contributed by atoms with Crippen LogP contribution in [0.3, 0.4) is 0 Å². The van der Waals surface area contributed by atoms with Crippen LogP contribution in [-0.4, -0.2) is 53.1 Å². The molecule has 0 amide bonds. The highest BCUT2D eigenvalue weighted by Crippen LogP contribution is 2.54. The van der Waals surface area contributed by atoms with E-state index < -0.39 is 28.8 Å². The average molecular weight is 863 g/mol. The van der Waals surface area contributed by atoms with E-state index in [0.717, 1.165) is 25.7 Å². The molecule has 0 bridgehead atoms. The van der Waals surface area contributed by atoms with E-state index in [1.165, 1.54) is 20.7 Å². The second kappa shape index (κ2) is 18.4. The third-order valence-electron chi connectivity index (χ3n) is 14.7. The fourth-order valence-corrected chi connectivity index (χ4v) is 21.1. The normalized spacial score (nSPS) is 25.3. The van der Waals surface area contributed by atoms with Gasteiger partial charge in [0.15, 0.2) is 0 Å². The molecule has 0 aromatic heterocycles. The molecule has 3 aliphatic rings. The molecular formula is C55H66O5Si2. The first-order valence-corrected chi connectivity index (χ1v) is 26.8. The number of allylic oxidation sites excluding steroid dienone is 2. The molecule has 8 atom stereocenters. The molecule has 0 aliphatic heterocycles. The Morgan fingerprint density at radius 3 is 1.44 bits per heavy atom. The Morgan fingerprint density at radius 2 is 0.984 bits per heavy atom. The quantitative estimate of drug-likeness (QED) is 0.0770. The first-order chi connectivity index (χ1) is 29.8. The zero-order valence-electron chi connectivity index (χ0n) is 37.5. The maximum atomic E-state index is 14.5. The molecule has 5 aromatic carbocycles. The minimum Gasteiger partial charge on any atom is -0.458 e. The van der Waals surface area contributed by atoms with Crippen molar-refractivity contribution >= 4 is 43.4 Å². The van der Waals surface area contributed by atoms with Gasteiger partial charge in [-0.3, -0.25) is 0 Å². The number of hydrogen-bond acceptors (Lipinski definition) is 5. The predicted octanol–water partition coefficient (Wildman–Crippen LogP) is 9.58. The predicted molar refractivity (Wildman–Crippen MR) is 257 cm³/mol. The lowest BCUT2D eigenvalue weighted by Crippen LogP contribution is -2.68. The Labute approximate surface area is 372 Å². The Morgan fingerprint density at radius 1 is 0.565 bits per heavy atom. The van der Waals surface area contributed by atoms with E-state index in [-0.39, 0.29) is 45.6 Å². The van der Waals surface area contributed by atoms with Crippen molar-refractivity contribution in [1.29, 1.82) is 0 Å². The Hall–Kier alpha value is -4.38. The van der Waals surface area contributed by atoms with E-state index in [1.807, 2.05) is 30.3 Å². The summed E-state index contributed by atoms with van der Waals surface area (Å²) in [6, 6.07) is 52.7. The van der Waals surface area contributed by atoms with Crippen molar-refractivity contribution in [1.82, 2.24) is 0 Å². The van der Waals surface area contributed by atoms with Gasteiger partial charge in [-0.15, -0.1) is 0 Å². The zero-order valence-corrected chi connectivity index (χ0v) is 39.5. The van der Waals surface area contributed by atoms with Crippen molar-refractivity contribution in [3.63, 3.8) is 0 Å². The van der Waals surface area contributed by atoms with Gasteiger partial charge in [0.1, 0.15) is 6.10 Å². The number of hydrogen-bond donors (Lipinski definition) is 1. The second-order valence-corrected chi connectivity index (χ2v) is 28.9. The van der Waals surface area contributed by atoms with Crippen LogP contribution in [-0.2, 0) is 13.6 Å². The summed E-state index contributed by atoms with van der Waals surface area (Å²) in [6.45, 7) is 14.8. The van der Waals surface area contributed by atoms with Gasteiger partial charge >= 0.3 is 5.97 Å². The largest absolute Gasteiger partial charge is 0.458 e. The molecule has 3 aliphatic carbocycles. The van der Waals surface area contributed by atoms with Gasteiger partial charge in [-0.25, -0.2) is 4.79 Å². The number of aliphatic hydroxyl groups excluding tert-OH is 1. The fraction of sp³-hybridized carbons (Fsp3) is 0.400. The number of carbonyl (C=O) groups excluding carboxylic acids is 1.